The third-order valence-electron chi connectivity index (χ3n) is 4.80. The summed E-state index contributed by atoms with van der Waals surface area (Å²) >= 11 is 0. The molecule has 0 aliphatic carbocycles. The molecule has 0 bridgehead atoms. The number of amides is 2. The number of nitrogens with zero attached hydrogens (tertiary/aromatic N) is 1. The van der Waals surface area contributed by atoms with E-state index in [1.807, 2.05) is 0 Å². The topological polar surface area (TPSA) is 109 Å². The molecule has 1 heterocycles. The van der Waals surface area contributed by atoms with Crippen molar-refractivity contribution in [2.75, 3.05) is 13.6 Å². The van der Waals surface area contributed by atoms with Crippen LogP contribution in [0.5, 0.6) is 0 Å². The summed E-state index contributed by atoms with van der Waals surface area (Å²) < 4.78 is 47.2. The second kappa shape index (κ2) is 10.9. The zero-order chi connectivity index (χ0) is 23.8. The summed E-state index contributed by atoms with van der Waals surface area (Å²) in [7, 11) is -2.95. The first-order chi connectivity index (χ1) is 15.8. The minimum absolute atomic E-state index is 0.0196. The molecule has 0 spiro atoms. The fraction of sp³-hybridized carbons (Fsp3) is 0.217. The highest BCUT2D eigenvalue weighted by Crippen LogP contribution is 2.15. The molecule has 2 N–H and O–H groups in total. The summed E-state index contributed by atoms with van der Waals surface area (Å²) in [6.07, 6.45) is 1.50. The van der Waals surface area contributed by atoms with Gasteiger partial charge in [0.15, 0.2) is 0 Å². The van der Waals surface area contributed by atoms with Gasteiger partial charge < -0.3 is 14.6 Å². The van der Waals surface area contributed by atoms with Gasteiger partial charge in [0.1, 0.15) is 22.5 Å². The third kappa shape index (κ3) is 6.74. The van der Waals surface area contributed by atoms with Crippen molar-refractivity contribution in [1.29, 1.82) is 0 Å². The molecule has 2 amide bonds. The first-order valence-corrected chi connectivity index (χ1v) is 11.6. The molecule has 1 atom stereocenters. The van der Waals surface area contributed by atoms with Crippen LogP contribution < -0.4 is 10.0 Å². The monoisotopic (exact) mass is 473 g/mol. The van der Waals surface area contributed by atoms with E-state index < -0.39 is 38.6 Å². The number of nitrogens with one attached hydrogen (secondary N) is 2. The van der Waals surface area contributed by atoms with Gasteiger partial charge in [0.25, 0.3) is 0 Å². The first-order valence-electron chi connectivity index (χ1n) is 10.1. The van der Waals surface area contributed by atoms with Crippen LogP contribution in [0.3, 0.4) is 0 Å². The van der Waals surface area contributed by atoms with E-state index >= 15 is 0 Å². The average Bonchev–Trinajstić information content (AvgIpc) is 3.31. The van der Waals surface area contributed by atoms with Gasteiger partial charge in [0, 0.05) is 7.05 Å². The molecular formula is C23H24FN3O5S. The van der Waals surface area contributed by atoms with Gasteiger partial charge in [-0.15, -0.1) is 0 Å². The van der Waals surface area contributed by atoms with Crippen LogP contribution in [0, 0.1) is 5.82 Å². The lowest BCUT2D eigenvalue weighted by Gasteiger charge is -2.24. The standard InChI is InChI=1S/C23H24FN3O5S/c1-27(16-22(28)25-15-18-10-7-13-32-18)23(29)20(14-17-8-3-2-4-9-17)26-33(30,31)21-12-6-5-11-19(21)24/h2-13,20,26H,14-16H2,1H3,(H,25,28). The van der Waals surface area contributed by atoms with Gasteiger partial charge in [-0.3, -0.25) is 9.59 Å². The molecule has 0 saturated carbocycles. The van der Waals surface area contributed by atoms with Gasteiger partial charge in [-0.25, -0.2) is 12.8 Å². The Kier molecular flexibility index (Phi) is 7.96. The normalized spacial score (nSPS) is 12.2. The minimum Gasteiger partial charge on any atom is -0.467 e. The molecule has 1 aromatic heterocycles. The summed E-state index contributed by atoms with van der Waals surface area (Å²) in [5, 5.41) is 2.63. The molecule has 8 nitrogen and oxygen atoms in total. The lowest BCUT2D eigenvalue weighted by Crippen LogP contribution is -2.50. The average molecular weight is 474 g/mol. The lowest BCUT2D eigenvalue weighted by molar-refractivity contribution is -0.136. The molecule has 1 unspecified atom stereocenters. The number of rotatable bonds is 10. The van der Waals surface area contributed by atoms with Crippen molar-refractivity contribution in [2.45, 2.75) is 23.9 Å². The van der Waals surface area contributed by atoms with E-state index in [1.165, 1.54) is 25.4 Å². The van der Waals surface area contributed by atoms with Crippen LogP contribution in [0.15, 0.2) is 82.3 Å². The molecule has 0 aliphatic rings. The highest BCUT2D eigenvalue weighted by Gasteiger charge is 2.30. The van der Waals surface area contributed by atoms with E-state index in [2.05, 4.69) is 10.0 Å². The predicted octanol–water partition coefficient (Wildman–Crippen LogP) is 2.08. The van der Waals surface area contributed by atoms with E-state index in [-0.39, 0.29) is 19.5 Å². The van der Waals surface area contributed by atoms with Crippen LogP contribution >= 0.6 is 0 Å². The predicted molar refractivity (Wildman–Crippen MR) is 119 cm³/mol. The minimum atomic E-state index is -4.34. The van der Waals surface area contributed by atoms with Gasteiger partial charge in [-0.1, -0.05) is 42.5 Å². The molecule has 10 heteroatoms. The van der Waals surface area contributed by atoms with Gasteiger partial charge in [-0.05, 0) is 36.2 Å². The summed E-state index contributed by atoms with van der Waals surface area (Å²) in [4.78, 5) is 25.9. The number of carbonyl (C=O) groups is 2. The maximum atomic E-state index is 14.1. The van der Waals surface area contributed by atoms with E-state index in [0.717, 1.165) is 17.0 Å². The quantitative estimate of drug-likeness (QED) is 0.469. The van der Waals surface area contributed by atoms with Crippen LogP contribution in [0.2, 0.25) is 0 Å². The van der Waals surface area contributed by atoms with Crippen molar-refractivity contribution in [3.63, 3.8) is 0 Å². The van der Waals surface area contributed by atoms with Gasteiger partial charge >= 0.3 is 0 Å². The van der Waals surface area contributed by atoms with E-state index in [9.17, 15) is 22.4 Å². The van der Waals surface area contributed by atoms with E-state index in [4.69, 9.17) is 4.42 Å². The Balaban J connectivity index is 1.74. The van der Waals surface area contributed by atoms with Gasteiger partial charge in [0.05, 0.1) is 19.4 Å². The van der Waals surface area contributed by atoms with E-state index in [1.54, 1.807) is 42.5 Å². The van der Waals surface area contributed by atoms with Crippen LogP contribution in [0.1, 0.15) is 11.3 Å². The Bertz CT molecular complexity index is 1180. The highest BCUT2D eigenvalue weighted by atomic mass is 32.2. The Morgan fingerprint density at radius 2 is 1.73 bits per heavy atom. The van der Waals surface area contributed by atoms with Crippen molar-refractivity contribution in [3.8, 4) is 0 Å². The molecule has 0 fully saturated rings. The molecule has 0 saturated heterocycles. The molecule has 33 heavy (non-hydrogen) atoms. The van der Waals surface area contributed by atoms with Crippen molar-refractivity contribution in [2.24, 2.45) is 0 Å². The van der Waals surface area contributed by atoms with Gasteiger partial charge in [-0.2, -0.15) is 4.72 Å². The maximum Gasteiger partial charge on any atom is 0.244 e. The number of likely N-dealkylation sites (N-methyl/N-ethyl adjacent to an activating group) is 1. The zero-order valence-corrected chi connectivity index (χ0v) is 18.7. The van der Waals surface area contributed by atoms with Crippen LogP contribution in [0.25, 0.3) is 0 Å². The molecule has 0 aliphatic heterocycles. The SMILES string of the molecule is CN(CC(=O)NCc1ccco1)C(=O)C(Cc1ccccc1)NS(=O)(=O)c1ccccc1F. The van der Waals surface area contributed by atoms with Crippen molar-refractivity contribution < 1.29 is 26.8 Å². The Hall–Kier alpha value is -3.50. The number of furan rings is 1. The van der Waals surface area contributed by atoms with Crippen LogP contribution in [0.4, 0.5) is 4.39 Å². The van der Waals surface area contributed by atoms with E-state index in [0.29, 0.717) is 11.3 Å². The molecular weight excluding hydrogens is 449 g/mol. The Morgan fingerprint density at radius 3 is 2.39 bits per heavy atom. The zero-order valence-electron chi connectivity index (χ0n) is 17.9. The summed E-state index contributed by atoms with van der Waals surface area (Å²) in [5.41, 5.74) is 0.697. The van der Waals surface area contributed by atoms with Crippen molar-refractivity contribution in [3.05, 3.63) is 90.1 Å². The third-order valence-corrected chi connectivity index (χ3v) is 6.31. The molecule has 174 valence electrons. The van der Waals surface area contributed by atoms with Crippen molar-refractivity contribution in [1.82, 2.24) is 14.9 Å². The Labute approximate surface area is 191 Å². The summed E-state index contributed by atoms with van der Waals surface area (Å²) in [5.74, 6) is -1.46. The molecule has 2 aromatic carbocycles. The smallest absolute Gasteiger partial charge is 0.244 e. The fourth-order valence-corrected chi connectivity index (χ4v) is 4.42. The molecule has 3 aromatic rings. The fourth-order valence-electron chi connectivity index (χ4n) is 3.16. The molecule has 3 rings (SSSR count). The number of hydrogen-bond acceptors (Lipinski definition) is 5. The number of carbonyl (C=O) groups excluding carboxylic acids is 2. The van der Waals surface area contributed by atoms with Crippen molar-refractivity contribution >= 4 is 21.8 Å². The first kappa shape index (κ1) is 24.1. The second-order valence-electron chi connectivity index (χ2n) is 7.34. The highest BCUT2D eigenvalue weighted by molar-refractivity contribution is 7.89. The number of benzene rings is 2. The molecule has 0 radical (unpaired) electrons. The lowest BCUT2D eigenvalue weighted by atomic mass is 10.1. The largest absolute Gasteiger partial charge is 0.467 e. The second-order valence-corrected chi connectivity index (χ2v) is 9.03. The summed E-state index contributed by atoms with van der Waals surface area (Å²) in [6.45, 7) is -0.145. The maximum absolute atomic E-state index is 14.1. The number of hydrogen-bond donors (Lipinski definition) is 2. The summed E-state index contributed by atoms with van der Waals surface area (Å²) in [6, 6.07) is 15.8. The van der Waals surface area contributed by atoms with Crippen LogP contribution in [-0.4, -0.2) is 44.8 Å². The van der Waals surface area contributed by atoms with Gasteiger partial charge in [0.2, 0.25) is 21.8 Å². The Morgan fingerprint density at radius 1 is 1.03 bits per heavy atom. The number of sulfonamides is 1. The van der Waals surface area contributed by atoms with Crippen LogP contribution in [-0.2, 0) is 32.6 Å². The number of halogens is 1.